The van der Waals surface area contributed by atoms with E-state index in [0.717, 1.165) is 16.8 Å². The van der Waals surface area contributed by atoms with Crippen LogP contribution in [0.1, 0.15) is 16.7 Å². The van der Waals surface area contributed by atoms with Crippen molar-refractivity contribution in [3.63, 3.8) is 0 Å². The lowest BCUT2D eigenvalue weighted by molar-refractivity contribution is 1.37. The predicted octanol–water partition coefficient (Wildman–Crippen LogP) is 2.53. The second-order valence-electron chi connectivity index (χ2n) is 2.77. The molecule has 0 aliphatic carbocycles. The molecule has 11 heavy (non-hydrogen) atoms. The molecule has 1 rings (SSSR count). The van der Waals surface area contributed by atoms with Crippen LogP contribution in [0.25, 0.3) is 6.08 Å². The van der Waals surface area contributed by atoms with Gasteiger partial charge in [-0.3, -0.25) is 0 Å². The van der Waals surface area contributed by atoms with Crippen LogP contribution in [-0.4, -0.2) is 0 Å². The summed E-state index contributed by atoms with van der Waals surface area (Å²) in [6, 6.07) is 4.03. The topological polar surface area (TPSA) is 26.0 Å². The largest absolute Gasteiger partial charge is 0.398 e. The maximum atomic E-state index is 5.72. The summed E-state index contributed by atoms with van der Waals surface area (Å²) in [6.07, 6.45) is 1.82. The molecule has 0 atom stereocenters. The number of benzene rings is 1. The Kier molecular flexibility index (Phi) is 1.99. The highest BCUT2D eigenvalue weighted by Gasteiger charge is 1.97. The van der Waals surface area contributed by atoms with Gasteiger partial charge in [0.1, 0.15) is 0 Å². The molecule has 1 aromatic rings. The number of nitrogen functional groups attached to an aromatic ring is 1. The molecule has 0 spiro atoms. The highest BCUT2D eigenvalue weighted by Crippen LogP contribution is 2.18. The molecule has 0 aliphatic heterocycles. The molecular formula is C10H13N. The molecule has 0 heterocycles. The maximum absolute atomic E-state index is 5.72. The first-order chi connectivity index (χ1) is 5.15. The number of rotatable bonds is 1. The Hall–Kier alpha value is -1.24. The van der Waals surface area contributed by atoms with Gasteiger partial charge in [-0.25, -0.2) is 0 Å². The zero-order valence-corrected chi connectivity index (χ0v) is 7.02. The molecule has 0 radical (unpaired) electrons. The summed E-state index contributed by atoms with van der Waals surface area (Å²) in [7, 11) is 0. The molecule has 0 fully saturated rings. The Morgan fingerprint density at radius 2 is 1.91 bits per heavy atom. The summed E-state index contributed by atoms with van der Waals surface area (Å²) in [5, 5.41) is 0. The van der Waals surface area contributed by atoms with E-state index >= 15 is 0 Å². The first-order valence-corrected chi connectivity index (χ1v) is 3.64. The molecule has 0 aliphatic rings. The second-order valence-corrected chi connectivity index (χ2v) is 2.77. The third kappa shape index (κ3) is 1.43. The van der Waals surface area contributed by atoms with Crippen LogP contribution in [0.2, 0.25) is 0 Å². The van der Waals surface area contributed by atoms with Gasteiger partial charge in [-0.1, -0.05) is 18.7 Å². The molecule has 1 nitrogen and oxygen atoms in total. The molecule has 0 saturated carbocycles. The van der Waals surface area contributed by atoms with Crippen LogP contribution in [0.3, 0.4) is 0 Å². The molecule has 1 aromatic carbocycles. The van der Waals surface area contributed by atoms with Gasteiger partial charge in [0.25, 0.3) is 0 Å². The van der Waals surface area contributed by atoms with Gasteiger partial charge < -0.3 is 5.73 Å². The minimum absolute atomic E-state index is 0.838. The zero-order valence-electron chi connectivity index (χ0n) is 7.02. The molecule has 2 N–H and O–H groups in total. The van der Waals surface area contributed by atoms with Crippen LogP contribution in [0.4, 0.5) is 5.69 Å². The van der Waals surface area contributed by atoms with E-state index < -0.39 is 0 Å². The SMILES string of the molecule is C=Cc1cc(N)c(C)cc1C. The highest BCUT2D eigenvalue weighted by atomic mass is 14.6. The lowest BCUT2D eigenvalue weighted by atomic mass is 10.0. The van der Waals surface area contributed by atoms with E-state index in [0.29, 0.717) is 0 Å². The van der Waals surface area contributed by atoms with Crippen LogP contribution in [0.5, 0.6) is 0 Å². The summed E-state index contributed by atoms with van der Waals surface area (Å²) < 4.78 is 0. The van der Waals surface area contributed by atoms with Crippen LogP contribution in [0.15, 0.2) is 18.7 Å². The summed E-state index contributed by atoms with van der Waals surface area (Å²) in [6.45, 7) is 7.78. The van der Waals surface area contributed by atoms with Crippen molar-refractivity contribution in [3.05, 3.63) is 35.4 Å². The Bertz CT molecular complexity index is 287. The number of aryl methyl sites for hydroxylation is 2. The first kappa shape index (κ1) is 7.86. The summed E-state index contributed by atoms with van der Waals surface area (Å²) in [5.74, 6) is 0. The van der Waals surface area contributed by atoms with Crippen LogP contribution in [-0.2, 0) is 0 Å². The van der Waals surface area contributed by atoms with Gasteiger partial charge in [0.2, 0.25) is 0 Å². The molecule has 0 amide bonds. The Morgan fingerprint density at radius 3 is 2.45 bits per heavy atom. The second kappa shape index (κ2) is 2.79. The summed E-state index contributed by atoms with van der Waals surface area (Å²) in [5.41, 5.74) is 10.0. The van der Waals surface area contributed by atoms with Crippen LogP contribution >= 0.6 is 0 Å². The maximum Gasteiger partial charge on any atom is 0.0349 e. The highest BCUT2D eigenvalue weighted by molar-refractivity contribution is 5.61. The smallest absolute Gasteiger partial charge is 0.0349 e. The fourth-order valence-corrected chi connectivity index (χ4v) is 1.11. The van der Waals surface area contributed by atoms with E-state index in [9.17, 15) is 0 Å². The van der Waals surface area contributed by atoms with E-state index in [2.05, 4.69) is 19.6 Å². The standard InChI is InChI=1S/C10H13N/c1-4-9-6-10(11)8(3)5-7(9)2/h4-6H,1,11H2,2-3H3. The van der Waals surface area contributed by atoms with Gasteiger partial charge in [-0.2, -0.15) is 0 Å². The summed E-state index contributed by atoms with van der Waals surface area (Å²) >= 11 is 0. The molecule has 1 heteroatoms. The lowest BCUT2D eigenvalue weighted by Crippen LogP contribution is -1.92. The minimum Gasteiger partial charge on any atom is -0.398 e. The average Bonchev–Trinajstić information content (AvgIpc) is 1.97. The Balaban J connectivity index is 3.31. The molecule has 0 bridgehead atoms. The van der Waals surface area contributed by atoms with Gasteiger partial charge in [0.15, 0.2) is 0 Å². The fraction of sp³-hybridized carbons (Fsp3) is 0.200. The molecule has 58 valence electrons. The fourth-order valence-electron chi connectivity index (χ4n) is 1.11. The Morgan fingerprint density at radius 1 is 1.27 bits per heavy atom. The summed E-state index contributed by atoms with van der Waals surface area (Å²) in [4.78, 5) is 0. The third-order valence-electron chi connectivity index (χ3n) is 1.87. The van der Waals surface area contributed by atoms with Gasteiger partial charge in [0.05, 0.1) is 0 Å². The quantitative estimate of drug-likeness (QED) is 0.607. The van der Waals surface area contributed by atoms with Gasteiger partial charge >= 0.3 is 0 Å². The van der Waals surface area contributed by atoms with E-state index in [-0.39, 0.29) is 0 Å². The third-order valence-corrected chi connectivity index (χ3v) is 1.87. The first-order valence-electron chi connectivity index (χ1n) is 3.64. The van der Waals surface area contributed by atoms with Crippen molar-refractivity contribution in [1.29, 1.82) is 0 Å². The number of anilines is 1. The molecular weight excluding hydrogens is 134 g/mol. The van der Waals surface area contributed by atoms with Crippen LogP contribution in [0, 0.1) is 13.8 Å². The van der Waals surface area contributed by atoms with E-state index in [1.54, 1.807) is 0 Å². The van der Waals surface area contributed by atoms with Crippen molar-refractivity contribution in [2.75, 3.05) is 5.73 Å². The van der Waals surface area contributed by atoms with Crippen molar-refractivity contribution in [2.24, 2.45) is 0 Å². The van der Waals surface area contributed by atoms with E-state index in [1.165, 1.54) is 5.56 Å². The average molecular weight is 147 g/mol. The van der Waals surface area contributed by atoms with Crippen molar-refractivity contribution in [3.8, 4) is 0 Å². The molecule has 0 aromatic heterocycles. The normalized spacial score (nSPS) is 9.64. The predicted molar refractivity (Wildman–Crippen MR) is 50.4 cm³/mol. The van der Waals surface area contributed by atoms with Gasteiger partial charge in [0, 0.05) is 5.69 Å². The van der Waals surface area contributed by atoms with E-state index in [4.69, 9.17) is 5.73 Å². The molecule has 0 unspecified atom stereocenters. The van der Waals surface area contributed by atoms with Crippen molar-refractivity contribution in [2.45, 2.75) is 13.8 Å². The number of hydrogen-bond donors (Lipinski definition) is 1. The van der Waals surface area contributed by atoms with Gasteiger partial charge in [-0.15, -0.1) is 0 Å². The zero-order chi connectivity index (χ0) is 8.43. The number of hydrogen-bond acceptors (Lipinski definition) is 1. The van der Waals surface area contributed by atoms with E-state index in [1.807, 2.05) is 19.1 Å². The van der Waals surface area contributed by atoms with Gasteiger partial charge in [-0.05, 0) is 36.6 Å². The van der Waals surface area contributed by atoms with Crippen LogP contribution < -0.4 is 5.73 Å². The monoisotopic (exact) mass is 147 g/mol. The van der Waals surface area contributed by atoms with Crippen molar-refractivity contribution < 1.29 is 0 Å². The minimum atomic E-state index is 0.838. The lowest BCUT2D eigenvalue weighted by Gasteiger charge is -2.04. The van der Waals surface area contributed by atoms with Crippen molar-refractivity contribution in [1.82, 2.24) is 0 Å². The van der Waals surface area contributed by atoms with Crippen molar-refractivity contribution >= 4 is 11.8 Å². The number of nitrogens with two attached hydrogens (primary N) is 1. The molecule has 0 saturated heterocycles. The Labute approximate surface area is 67.5 Å².